The Morgan fingerprint density at radius 1 is 0.909 bits per heavy atom. The van der Waals surface area contributed by atoms with Crippen molar-refractivity contribution in [2.75, 3.05) is 11.9 Å². The van der Waals surface area contributed by atoms with Gasteiger partial charge in [-0.3, -0.25) is 0 Å². The van der Waals surface area contributed by atoms with E-state index in [9.17, 15) is 26.3 Å². The molecule has 0 aliphatic carbocycles. The number of benzene rings is 2. The summed E-state index contributed by atoms with van der Waals surface area (Å²) < 4.78 is 85.8. The SMILES string of the molecule is Fc1nc(NCCc2ccc(Oc3cc(C(F)(F)F)ccn3)cc2F)c2c(F)cccc2n1. The standard InChI is InChI=1S/C22H14F6N4O/c23-15-2-1-3-17-19(15)20(32-21(25)31-17)30-8-6-12-4-5-14(11-16(12)24)33-18-10-13(7-9-29-18)22(26,27)28/h1-5,7,9-11H,6,8H2,(H,30,31,32). The average Bonchev–Trinajstić information content (AvgIpc) is 2.74. The number of aromatic nitrogens is 3. The number of alkyl halides is 3. The molecular weight excluding hydrogens is 450 g/mol. The monoisotopic (exact) mass is 464 g/mol. The zero-order chi connectivity index (χ0) is 23.6. The number of nitrogens with zero attached hydrogens (tertiary/aromatic N) is 3. The summed E-state index contributed by atoms with van der Waals surface area (Å²) in [4.78, 5) is 10.8. The first-order valence-corrected chi connectivity index (χ1v) is 9.56. The predicted molar refractivity (Wildman–Crippen MR) is 107 cm³/mol. The summed E-state index contributed by atoms with van der Waals surface area (Å²) in [7, 11) is 0. The fourth-order valence-electron chi connectivity index (χ4n) is 3.11. The molecule has 0 atom stereocenters. The molecule has 33 heavy (non-hydrogen) atoms. The topological polar surface area (TPSA) is 59.9 Å². The van der Waals surface area contributed by atoms with E-state index in [2.05, 4.69) is 20.3 Å². The molecule has 170 valence electrons. The highest BCUT2D eigenvalue weighted by Gasteiger charge is 2.31. The molecule has 0 saturated heterocycles. The molecule has 0 amide bonds. The molecule has 5 nitrogen and oxygen atoms in total. The van der Waals surface area contributed by atoms with E-state index in [1.165, 1.54) is 30.3 Å². The lowest BCUT2D eigenvalue weighted by atomic mass is 10.1. The van der Waals surface area contributed by atoms with Crippen LogP contribution in [0.25, 0.3) is 10.9 Å². The Morgan fingerprint density at radius 2 is 1.73 bits per heavy atom. The van der Waals surface area contributed by atoms with Gasteiger partial charge in [-0.15, -0.1) is 0 Å². The number of anilines is 1. The molecule has 4 aromatic rings. The van der Waals surface area contributed by atoms with Crippen molar-refractivity contribution in [3.63, 3.8) is 0 Å². The Morgan fingerprint density at radius 3 is 2.48 bits per heavy atom. The van der Waals surface area contributed by atoms with Gasteiger partial charge in [0.05, 0.1) is 16.5 Å². The van der Waals surface area contributed by atoms with E-state index in [0.717, 1.165) is 18.3 Å². The Kier molecular flexibility index (Phi) is 6.03. The maximum atomic E-state index is 14.5. The van der Waals surface area contributed by atoms with Gasteiger partial charge in [-0.25, -0.2) is 18.7 Å². The van der Waals surface area contributed by atoms with Crippen LogP contribution in [0.15, 0.2) is 54.7 Å². The Labute approximate surface area is 183 Å². The van der Waals surface area contributed by atoms with Crippen molar-refractivity contribution in [1.29, 1.82) is 0 Å². The lowest BCUT2D eigenvalue weighted by Gasteiger charge is -2.11. The molecule has 2 aromatic heterocycles. The van der Waals surface area contributed by atoms with Gasteiger partial charge in [0.1, 0.15) is 23.2 Å². The molecule has 0 spiro atoms. The van der Waals surface area contributed by atoms with E-state index in [-0.39, 0.29) is 46.9 Å². The molecule has 0 radical (unpaired) electrons. The summed E-state index contributed by atoms with van der Waals surface area (Å²) in [6, 6.07) is 9.29. The van der Waals surface area contributed by atoms with Gasteiger partial charge in [-0.2, -0.15) is 22.5 Å². The van der Waals surface area contributed by atoms with Gasteiger partial charge in [0, 0.05) is 24.9 Å². The molecule has 0 saturated carbocycles. The van der Waals surface area contributed by atoms with Gasteiger partial charge >= 0.3 is 12.3 Å². The molecule has 0 aliphatic rings. The van der Waals surface area contributed by atoms with Crippen molar-refractivity contribution >= 4 is 16.7 Å². The van der Waals surface area contributed by atoms with Crippen LogP contribution in [-0.4, -0.2) is 21.5 Å². The van der Waals surface area contributed by atoms with Gasteiger partial charge in [0.25, 0.3) is 0 Å². The van der Waals surface area contributed by atoms with Crippen LogP contribution >= 0.6 is 0 Å². The van der Waals surface area contributed by atoms with Crippen LogP contribution < -0.4 is 10.1 Å². The zero-order valence-corrected chi connectivity index (χ0v) is 16.6. The normalized spacial score (nSPS) is 11.6. The van der Waals surface area contributed by atoms with Crippen LogP contribution in [0.1, 0.15) is 11.1 Å². The van der Waals surface area contributed by atoms with Crippen molar-refractivity contribution in [2.24, 2.45) is 0 Å². The first-order chi connectivity index (χ1) is 15.7. The maximum absolute atomic E-state index is 14.5. The fraction of sp³-hybridized carbons (Fsp3) is 0.136. The second-order valence-corrected chi connectivity index (χ2v) is 6.89. The summed E-state index contributed by atoms with van der Waals surface area (Å²) in [5.74, 6) is -1.75. The summed E-state index contributed by atoms with van der Waals surface area (Å²) in [5, 5.41) is 2.79. The van der Waals surface area contributed by atoms with Crippen molar-refractivity contribution in [3.05, 3.63) is 83.6 Å². The van der Waals surface area contributed by atoms with Crippen molar-refractivity contribution in [2.45, 2.75) is 12.6 Å². The van der Waals surface area contributed by atoms with Gasteiger partial charge in [0.2, 0.25) is 5.88 Å². The Bertz CT molecular complexity index is 1310. The smallest absolute Gasteiger partial charge is 0.416 e. The van der Waals surface area contributed by atoms with Crippen LogP contribution in [-0.2, 0) is 12.6 Å². The maximum Gasteiger partial charge on any atom is 0.416 e. The third-order valence-electron chi connectivity index (χ3n) is 4.64. The van der Waals surface area contributed by atoms with Gasteiger partial charge in [0.15, 0.2) is 0 Å². The highest BCUT2D eigenvalue weighted by molar-refractivity contribution is 5.89. The number of nitrogens with one attached hydrogen (secondary N) is 1. The van der Waals surface area contributed by atoms with Crippen LogP contribution in [0.5, 0.6) is 11.6 Å². The van der Waals surface area contributed by atoms with Crippen molar-refractivity contribution in [3.8, 4) is 11.6 Å². The second kappa shape index (κ2) is 8.93. The number of hydrogen-bond donors (Lipinski definition) is 1. The minimum atomic E-state index is -4.57. The number of ether oxygens (including phenoxy) is 1. The van der Waals surface area contributed by atoms with E-state index in [1.807, 2.05) is 0 Å². The third-order valence-corrected chi connectivity index (χ3v) is 4.64. The van der Waals surface area contributed by atoms with Crippen LogP contribution in [0.2, 0.25) is 0 Å². The lowest BCUT2D eigenvalue weighted by Crippen LogP contribution is -2.10. The molecule has 2 heterocycles. The lowest BCUT2D eigenvalue weighted by molar-refractivity contribution is -0.137. The minimum absolute atomic E-state index is 0.0108. The first-order valence-electron chi connectivity index (χ1n) is 9.56. The molecule has 4 rings (SSSR count). The number of pyridine rings is 1. The Hall–Kier alpha value is -3.89. The molecule has 11 heteroatoms. The van der Waals surface area contributed by atoms with E-state index in [4.69, 9.17) is 4.74 Å². The van der Waals surface area contributed by atoms with E-state index < -0.39 is 29.5 Å². The molecular formula is C22H14F6N4O. The first kappa shape index (κ1) is 22.3. The number of halogens is 6. The molecule has 1 N–H and O–H groups in total. The summed E-state index contributed by atoms with van der Waals surface area (Å²) in [6.45, 7) is 0.0895. The van der Waals surface area contributed by atoms with E-state index >= 15 is 0 Å². The average molecular weight is 464 g/mol. The van der Waals surface area contributed by atoms with Crippen molar-refractivity contribution < 1.29 is 31.1 Å². The number of fused-ring (bicyclic) bond motifs is 1. The largest absolute Gasteiger partial charge is 0.439 e. The molecule has 0 unspecified atom stereocenters. The summed E-state index contributed by atoms with van der Waals surface area (Å²) in [5.41, 5.74) is -0.618. The van der Waals surface area contributed by atoms with E-state index in [0.29, 0.717) is 6.07 Å². The molecule has 0 bridgehead atoms. The van der Waals surface area contributed by atoms with Crippen LogP contribution in [0.4, 0.5) is 32.2 Å². The van der Waals surface area contributed by atoms with Gasteiger partial charge in [-0.1, -0.05) is 12.1 Å². The zero-order valence-electron chi connectivity index (χ0n) is 16.6. The minimum Gasteiger partial charge on any atom is -0.439 e. The second-order valence-electron chi connectivity index (χ2n) is 6.89. The summed E-state index contributed by atoms with van der Waals surface area (Å²) >= 11 is 0. The van der Waals surface area contributed by atoms with E-state index in [1.54, 1.807) is 0 Å². The Balaban J connectivity index is 1.44. The third kappa shape index (κ3) is 5.13. The highest BCUT2D eigenvalue weighted by Crippen LogP contribution is 2.32. The number of hydrogen-bond acceptors (Lipinski definition) is 5. The van der Waals surface area contributed by atoms with Crippen LogP contribution in [0, 0.1) is 17.7 Å². The van der Waals surface area contributed by atoms with Gasteiger partial charge in [-0.05, 0) is 36.2 Å². The number of rotatable bonds is 6. The van der Waals surface area contributed by atoms with Crippen LogP contribution in [0.3, 0.4) is 0 Å². The molecule has 2 aromatic carbocycles. The molecule has 0 fully saturated rings. The highest BCUT2D eigenvalue weighted by atomic mass is 19.4. The molecule has 0 aliphatic heterocycles. The summed E-state index contributed by atoms with van der Waals surface area (Å²) in [6.07, 6.45) is -4.54. The fourth-order valence-corrected chi connectivity index (χ4v) is 3.11. The van der Waals surface area contributed by atoms with Crippen molar-refractivity contribution in [1.82, 2.24) is 15.0 Å². The van der Waals surface area contributed by atoms with Gasteiger partial charge < -0.3 is 10.1 Å². The quantitative estimate of drug-likeness (QED) is 0.284. The predicted octanol–water partition coefficient (Wildman–Crippen LogP) is 5.91.